The van der Waals surface area contributed by atoms with Gasteiger partial charge in [0.1, 0.15) is 6.61 Å². The number of allylic oxidation sites excluding steroid dienone is 1. The lowest BCUT2D eigenvalue weighted by Gasteiger charge is -2.28. The van der Waals surface area contributed by atoms with E-state index in [1.807, 2.05) is 85.8 Å². The Labute approximate surface area is 324 Å². The molecule has 13 nitrogen and oxygen atoms in total. The standard InChI is InChI=1S/C43H43N5O8/c1-5-54-36-24-31(39-38(42(51)53-4)27(3)45-43(52)46-39)19-22-35(36)56-26-37(49)47-44-25-32-23-34(28-13-9-7-10-14-28)48(40(32)29-15-11-8-12-16-29)33-20-17-30(18-21-33)41(50)55-6-2/h7-25,37,39,47,49H,5-6,26H2,1-4H3,(H2,45,46,52)/b44-25+/t37-,39-/m1/s1. The van der Waals surface area contributed by atoms with E-state index in [1.165, 1.54) is 7.11 Å². The summed E-state index contributed by atoms with van der Waals surface area (Å²) < 4.78 is 24.1. The van der Waals surface area contributed by atoms with Crippen molar-refractivity contribution < 1.29 is 38.4 Å². The van der Waals surface area contributed by atoms with Crippen molar-refractivity contribution in [2.45, 2.75) is 33.0 Å². The Bertz CT molecular complexity index is 2230. The highest BCUT2D eigenvalue weighted by atomic mass is 16.5. The van der Waals surface area contributed by atoms with Crippen LogP contribution in [-0.2, 0) is 14.3 Å². The summed E-state index contributed by atoms with van der Waals surface area (Å²) in [7, 11) is 1.28. The quantitative estimate of drug-likeness (QED) is 0.0404. The second-order valence-electron chi connectivity index (χ2n) is 12.6. The summed E-state index contributed by atoms with van der Waals surface area (Å²) in [6, 6.07) is 32.9. The summed E-state index contributed by atoms with van der Waals surface area (Å²) in [6.07, 6.45) is 0.427. The average molecular weight is 758 g/mol. The number of aliphatic hydroxyl groups excluding tert-OH is 1. The van der Waals surface area contributed by atoms with Gasteiger partial charge in [-0.3, -0.25) is 5.43 Å². The number of benzene rings is 4. The number of carbonyl (C=O) groups excluding carboxylic acids is 3. The molecule has 4 N–H and O–H groups in total. The first-order valence-electron chi connectivity index (χ1n) is 18.1. The molecule has 5 aromatic rings. The minimum Gasteiger partial charge on any atom is -0.490 e. The number of carbonyl (C=O) groups is 3. The number of aliphatic hydroxyl groups is 1. The lowest BCUT2D eigenvalue weighted by atomic mass is 9.95. The molecule has 0 unspecified atom stereocenters. The van der Waals surface area contributed by atoms with Crippen LogP contribution in [0.25, 0.3) is 28.2 Å². The van der Waals surface area contributed by atoms with Crippen molar-refractivity contribution in [3.63, 3.8) is 0 Å². The normalized spacial score (nSPS) is 14.4. The molecule has 2 atom stereocenters. The Balaban J connectivity index is 1.25. The number of methoxy groups -OCH3 is 1. The highest BCUT2D eigenvalue weighted by Crippen LogP contribution is 2.37. The van der Waals surface area contributed by atoms with Gasteiger partial charge in [-0.25, -0.2) is 14.4 Å². The van der Waals surface area contributed by atoms with Gasteiger partial charge in [0.2, 0.25) is 0 Å². The monoisotopic (exact) mass is 757 g/mol. The van der Waals surface area contributed by atoms with E-state index < -0.39 is 24.3 Å². The first kappa shape index (κ1) is 38.9. The largest absolute Gasteiger partial charge is 0.490 e. The summed E-state index contributed by atoms with van der Waals surface area (Å²) >= 11 is 0. The fourth-order valence-corrected chi connectivity index (χ4v) is 6.39. The van der Waals surface area contributed by atoms with E-state index in [4.69, 9.17) is 18.9 Å². The summed E-state index contributed by atoms with van der Waals surface area (Å²) in [5.41, 5.74) is 9.63. The molecule has 0 aliphatic carbocycles. The Morgan fingerprint density at radius 1 is 0.875 bits per heavy atom. The van der Waals surface area contributed by atoms with Crippen LogP contribution in [0.3, 0.4) is 0 Å². The van der Waals surface area contributed by atoms with Gasteiger partial charge in [0.25, 0.3) is 0 Å². The molecule has 56 heavy (non-hydrogen) atoms. The number of nitrogens with one attached hydrogen (secondary N) is 3. The number of nitrogens with zero attached hydrogens (tertiary/aromatic N) is 2. The molecule has 0 radical (unpaired) electrons. The predicted octanol–water partition coefficient (Wildman–Crippen LogP) is 6.51. The van der Waals surface area contributed by atoms with Gasteiger partial charge in [0, 0.05) is 16.9 Å². The molecule has 0 bridgehead atoms. The summed E-state index contributed by atoms with van der Waals surface area (Å²) in [5.74, 6) is -0.278. The fourth-order valence-electron chi connectivity index (χ4n) is 6.39. The van der Waals surface area contributed by atoms with Crippen molar-refractivity contribution in [3.05, 3.63) is 137 Å². The molecular weight excluding hydrogens is 714 g/mol. The van der Waals surface area contributed by atoms with E-state index >= 15 is 0 Å². The van der Waals surface area contributed by atoms with Gasteiger partial charge < -0.3 is 39.3 Å². The summed E-state index contributed by atoms with van der Waals surface area (Å²) in [5, 5.41) is 20.7. The van der Waals surface area contributed by atoms with Crippen LogP contribution >= 0.6 is 0 Å². The maximum Gasteiger partial charge on any atom is 0.338 e. The van der Waals surface area contributed by atoms with E-state index in [9.17, 15) is 19.5 Å². The maximum atomic E-state index is 12.6. The number of hydrogen-bond donors (Lipinski definition) is 4. The molecular formula is C43H43N5O8. The van der Waals surface area contributed by atoms with Crippen LogP contribution in [0.5, 0.6) is 11.5 Å². The van der Waals surface area contributed by atoms with Gasteiger partial charge in [-0.2, -0.15) is 5.10 Å². The second kappa shape index (κ2) is 18.0. The molecule has 1 aromatic heterocycles. The highest BCUT2D eigenvalue weighted by molar-refractivity contribution is 5.95. The summed E-state index contributed by atoms with van der Waals surface area (Å²) in [4.78, 5) is 37.3. The Kier molecular flexibility index (Phi) is 12.5. The van der Waals surface area contributed by atoms with Crippen molar-refractivity contribution in [2.75, 3.05) is 26.9 Å². The van der Waals surface area contributed by atoms with Crippen molar-refractivity contribution >= 4 is 24.2 Å². The number of esters is 2. The number of urea groups is 1. The second-order valence-corrected chi connectivity index (χ2v) is 12.6. The number of aromatic nitrogens is 1. The average Bonchev–Trinajstić information content (AvgIpc) is 3.60. The molecule has 0 fully saturated rings. The fraction of sp³-hybridized carbons (Fsp3) is 0.209. The van der Waals surface area contributed by atoms with E-state index in [2.05, 4.69) is 25.7 Å². The molecule has 13 heteroatoms. The van der Waals surface area contributed by atoms with Gasteiger partial charge in [-0.05, 0) is 79.9 Å². The number of amides is 2. The molecule has 2 heterocycles. The van der Waals surface area contributed by atoms with E-state index in [1.54, 1.807) is 50.4 Å². The highest BCUT2D eigenvalue weighted by Gasteiger charge is 2.32. The molecule has 1 aliphatic heterocycles. The van der Waals surface area contributed by atoms with Crippen LogP contribution < -0.4 is 25.5 Å². The lowest BCUT2D eigenvalue weighted by Crippen LogP contribution is -2.45. The van der Waals surface area contributed by atoms with Crippen molar-refractivity contribution in [1.29, 1.82) is 0 Å². The molecule has 6 rings (SSSR count). The van der Waals surface area contributed by atoms with Gasteiger partial charge >= 0.3 is 18.0 Å². The van der Waals surface area contributed by atoms with Gasteiger partial charge in [0.05, 0.1) is 55.1 Å². The Hall–Kier alpha value is -6.86. The first-order valence-corrected chi connectivity index (χ1v) is 18.1. The third kappa shape index (κ3) is 8.74. The van der Waals surface area contributed by atoms with E-state index in [0.717, 1.165) is 33.8 Å². The zero-order valence-corrected chi connectivity index (χ0v) is 31.4. The number of rotatable bonds is 15. The van der Waals surface area contributed by atoms with Gasteiger partial charge in [0.15, 0.2) is 17.7 Å². The van der Waals surface area contributed by atoms with E-state index in [-0.39, 0.29) is 24.8 Å². The van der Waals surface area contributed by atoms with Crippen LogP contribution in [0.4, 0.5) is 4.79 Å². The molecule has 4 aromatic carbocycles. The van der Waals surface area contributed by atoms with Crippen molar-refractivity contribution in [1.82, 2.24) is 20.6 Å². The third-order valence-electron chi connectivity index (χ3n) is 8.88. The number of hydrogen-bond acceptors (Lipinski definition) is 10. The lowest BCUT2D eigenvalue weighted by molar-refractivity contribution is -0.136. The minimum atomic E-state index is -1.22. The summed E-state index contributed by atoms with van der Waals surface area (Å²) in [6.45, 7) is 5.62. The number of hydrazone groups is 1. The molecule has 2 amide bonds. The van der Waals surface area contributed by atoms with Gasteiger partial charge in [-0.1, -0.05) is 66.7 Å². The zero-order chi connectivity index (χ0) is 39.6. The maximum absolute atomic E-state index is 12.6. The van der Waals surface area contributed by atoms with Crippen LogP contribution in [0.1, 0.15) is 48.3 Å². The van der Waals surface area contributed by atoms with E-state index in [0.29, 0.717) is 34.9 Å². The zero-order valence-electron chi connectivity index (χ0n) is 31.4. The van der Waals surface area contributed by atoms with Crippen LogP contribution in [-0.4, -0.2) is 67.0 Å². The Morgan fingerprint density at radius 3 is 2.23 bits per heavy atom. The minimum absolute atomic E-state index is 0.193. The SMILES string of the molecule is CCOC(=O)c1ccc(-n2c(-c3ccccc3)cc(/C=N/N[C@H](O)COc3ccc([C@H]4NC(=O)NC(C)=C4C(=O)OC)cc3OCC)c2-c2ccccc2)cc1. The molecule has 288 valence electrons. The Morgan fingerprint density at radius 2 is 1.57 bits per heavy atom. The third-order valence-corrected chi connectivity index (χ3v) is 8.88. The first-order chi connectivity index (χ1) is 27.2. The molecule has 0 saturated heterocycles. The predicted molar refractivity (Wildman–Crippen MR) is 212 cm³/mol. The molecule has 0 spiro atoms. The topological polar surface area (TPSA) is 162 Å². The smallest absolute Gasteiger partial charge is 0.338 e. The van der Waals surface area contributed by atoms with Crippen molar-refractivity contribution in [3.8, 4) is 39.7 Å². The number of ether oxygens (including phenoxy) is 4. The van der Waals surface area contributed by atoms with Gasteiger partial charge in [-0.15, -0.1) is 0 Å². The van der Waals surface area contributed by atoms with Crippen LogP contribution in [0.2, 0.25) is 0 Å². The molecule has 0 saturated carbocycles. The van der Waals surface area contributed by atoms with Crippen LogP contribution in [0, 0.1) is 0 Å². The van der Waals surface area contributed by atoms with Crippen LogP contribution in [0.15, 0.2) is 126 Å². The molecule has 1 aliphatic rings. The van der Waals surface area contributed by atoms with Crippen molar-refractivity contribution in [2.24, 2.45) is 5.10 Å².